The molecule has 0 heteroatoms. The van der Waals surface area contributed by atoms with Crippen LogP contribution < -0.4 is 10.4 Å². The van der Waals surface area contributed by atoms with Crippen LogP contribution in [0, 0.1) is 0 Å². The van der Waals surface area contributed by atoms with Crippen LogP contribution in [0.1, 0.15) is 47.1 Å². The van der Waals surface area contributed by atoms with Crippen LogP contribution >= 0.6 is 0 Å². The average molecular weight is 294 g/mol. The van der Waals surface area contributed by atoms with E-state index in [2.05, 4.69) is 55.1 Å². The topological polar surface area (TPSA) is 0 Å². The summed E-state index contributed by atoms with van der Waals surface area (Å²) in [4.78, 5) is 0. The minimum Gasteiger partial charge on any atom is -0.0905 e. The summed E-state index contributed by atoms with van der Waals surface area (Å²) in [6.07, 6.45) is 10.4. The Labute approximate surface area is 136 Å². The molecule has 0 heterocycles. The van der Waals surface area contributed by atoms with Crippen LogP contribution in [0.4, 0.5) is 0 Å². The van der Waals surface area contributed by atoms with Gasteiger partial charge >= 0.3 is 0 Å². The van der Waals surface area contributed by atoms with Crippen molar-refractivity contribution in [2.24, 2.45) is 0 Å². The molecule has 22 heavy (non-hydrogen) atoms. The van der Waals surface area contributed by atoms with Gasteiger partial charge in [0.2, 0.25) is 0 Å². The zero-order chi connectivity index (χ0) is 17.0. The van der Waals surface area contributed by atoms with Crippen molar-refractivity contribution >= 4 is 29.5 Å². The van der Waals surface area contributed by atoms with Gasteiger partial charge in [0.15, 0.2) is 0 Å². The van der Waals surface area contributed by atoms with E-state index in [-0.39, 0.29) is 0 Å². The van der Waals surface area contributed by atoms with E-state index in [0.717, 1.165) is 5.22 Å². The summed E-state index contributed by atoms with van der Waals surface area (Å²) >= 11 is 0. The third kappa shape index (κ3) is 5.04. The van der Waals surface area contributed by atoms with Gasteiger partial charge in [0.25, 0.3) is 0 Å². The van der Waals surface area contributed by atoms with E-state index in [9.17, 15) is 0 Å². The van der Waals surface area contributed by atoms with Crippen LogP contribution in [0.3, 0.4) is 0 Å². The van der Waals surface area contributed by atoms with E-state index in [1.807, 2.05) is 53.7 Å². The van der Waals surface area contributed by atoms with Crippen molar-refractivity contribution < 1.29 is 0 Å². The van der Waals surface area contributed by atoms with Gasteiger partial charge in [-0.05, 0) is 40.6 Å². The number of fused-ring (bicyclic) bond motifs is 1. The number of benzene rings is 2. The molecule has 0 atom stereocenters. The lowest BCUT2D eigenvalue weighted by Crippen LogP contribution is -2.23. The standard InChI is InChI=1S/C18H18.2C2H6/c1-4-6-9-15-12-13-17-11-7-10-16(8-5-2)18(17)14(15)3;2*1-2/h4-13H,3H2,1-2H3;2*1-2H3/b6-4-,8-5-,15-9-;;. The first-order valence-corrected chi connectivity index (χ1v) is 8.24. The first kappa shape index (κ1) is 19.9. The number of hydrogen-bond acceptors (Lipinski definition) is 0. The molecule has 0 aromatic heterocycles. The highest BCUT2D eigenvalue weighted by atomic mass is 14.0. The van der Waals surface area contributed by atoms with Gasteiger partial charge in [-0.3, -0.25) is 0 Å². The number of allylic oxidation sites excluding steroid dienone is 3. The SMILES string of the molecule is C=c1/c(=C\C=C/C)ccc2cccc(/C=C\C)c12.CC.CC. The Morgan fingerprint density at radius 3 is 2.14 bits per heavy atom. The molecule has 2 rings (SSSR count). The van der Waals surface area contributed by atoms with Crippen molar-refractivity contribution in [2.45, 2.75) is 41.5 Å². The fraction of sp³-hybridized carbons (Fsp3) is 0.273. The molecule has 0 amide bonds. The molecule has 0 N–H and O–H groups in total. The maximum absolute atomic E-state index is 4.25. The number of rotatable bonds is 2. The van der Waals surface area contributed by atoms with Crippen molar-refractivity contribution in [2.75, 3.05) is 0 Å². The van der Waals surface area contributed by atoms with Crippen molar-refractivity contribution in [3.63, 3.8) is 0 Å². The molecule has 2 aromatic rings. The second-order valence-electron chi connectivity index (χ2n) is 4.27. The van der Waals surface area contributed by atoms with Gasteiger partial charge in [-0.1, -0.05) is 95.0 Å². The van der Waals surface area contributed by atoms with Gasteiger partial charge in [0.1, 0.15) is 0 Å². The molecule has 0 saturated heterocycles. The Bertz CT molecular complexity index is 716. The maximum atomic E-state index is 4.25. The van der Waals surface area contributed by atoms with Crippen LogP contribution in [0.15, 0.2) is 48.6 Å². The Kier molecular flexibility index (Phi) is 10.5. The number of hydrogen-bond donors (Lipinski definition) is 0. The predicted octanol–water partition coefficient (Wildman–Crippen LogP) is 5.69. The molecule has 0 bridgehead atoms. The van der Waals surface area contributed by atoms with Crippen LogP contribution in [0.25, 0.3) is 29.5 Å². The van der Waals surface area contributed by atoms with Gasteiger partial charge in [0.05, 0.1) is 0 Å². The first-order chi connectivity index (χ1) is 10.8. The van der Waals surface area contributed by atoms with Crippen LogP contribution in [-0.4, -0.2) is 0 Å². The zero-order valence-electron chi connectivity index (χ0n) is 15.0. The molecule has 0 spiro atoms. The molecule has 0 unspecified atom stereocenters. The highest BCUT2D eigenvalue weighted by Crippen LogP contribution is 2.15. The molecule has 0 nitrogen and oxygen atoms in total. The molecule has 0 fully saturated rings. The van der Waals surface area contributed by atoms with Gasteiger partial charge in [0, 0.05) is 0 Å². The van der Waals surface area contributed by atoms with Crippen molar-refractivity contribution in [1.82, 2.24) is 0 Å². The van der Waals surface area contributed by atoms with Crippen LogP contribution in [0.5, 0.6) is 0 Å². The highest BCUT2D eigenvalue weighted by Gasteiger charge is 1.99. The third-order valence-corrected chi connectivity index (χ3v) is 3.04. The molecule has 0 aliphatic rings. The molecule has 118 valence electrons. The van der Waals surface area contributed by atoms with Crippen molar-refractivity contribution in [1.29, 1.82) is 0 Å². The fourth-order valence-corrected chi connectivity index (χ4v) is 2.18. The van der Waals surface area contributed by atoms with E-state index in [1.54, 1.807) is 0 Å². The third-order valence-electron chi connectivity index (χ3n) is 3.04. The summed E-state index contributed by atoms with van der Waals surface area (Å²) in [6.45, 7) is 16.3. The second kappa shape index (κ2) is 11.6. The lowest BCUT2D eigenvalue weighted by Gasteiger charge is -2.03. The summed E-state index contributed by atoms with van der Waals surface area (Å²) in [7, 11) is 0. The summed E-state index contributed by atoms with van der Waals surface area (Å²) in [6, 6.07) is 10.6. The van der Waals surface area contributed by atoms with E-state index in [0.29, 0.717) is 0 Å². The normalized spacial score (nSPS) is 11.3. The largest absolute Gasteiger partial charge is 0.0905 e. The Hall–Kier alpha value is -2.08. The lowest BCUT2D eigenvalue weighted by atomic mass is 10.0. The van der Waals surface area contributed by atoms with Gasteiger partial charge in [-0.15, -0.1) is 0 Å². The Morgan fingerprint density at radius 2 is 1.55 bits per heavy atom. The fourth-order valence-electron chi connectivity index (χ4n) is 2.18. The predicted molar refractivity (Wildman–Crippen MR) is 105 cm³/mol. The van der Waals surface area contributed by atoms with Crippen LogP contribution in [0.2, 0.25) is 0 Å². The minimum absolute atomic E-state index is 1.10. The second-order valence-corrected chi connectivity index (χ2v) is 4.27. The summed E-state index contributed by atoms with van der Waals surface area (Å²) < 4.78 is 0. The first-order valence-electron chi connectivity index (χ1n) is 8.24. The van der Waals surface area contributed by atoms with E-state index < -0.39 is 0 Å². The Morgan fingerprint density at radius 1 is 0.864 bits per heavy atom. The van der Waals surface area contributed by atoms with Gasteiger partial charge in [-0.25, -0.2) is 0 Å². The lowest BCUT2D eigenvalue weighted by molar-refractivity contribution is 1.50. The van der Waals surface area contributed by atoms with Gasteiger partial charge < -0.3 is 0 Å². The quantitative estimate of drug-likeness (QED) is 0.667. The van der Waals surface area contributed by atoms with E-state index in [4.69, 9.17) is 0 Å². The zero-order valence-corrected chi connectivity index (χ0v) is 15.0. The Balaban J connectivity index is 0.00000102. The maximum Gasteiger partial charge on any atom is -0.00389 e. The van der Waals surface area contributed by atoms with E-state index in [1.165, 1.54) is 21.6 Å². The molecular formula is C22H30. The van der Waals surface area contributed by atoms with E-state index >= 15 is 0 Å². The van der Waals surface area contributed by atoms with Crippen LogP contribution in [-0.2, 0) is 0 Å². The molecule has 0 radical (unpaired) electrons. The smallest absolute Gasteiger partial charge is 0.00389 e. The highest BCUT2D eigenvalue weighted by molar-refractivity contribution is 5.91. The molecule has 0 saturated carbocycles. The summed E-state index contributed by atoms with van der Waals surface area (Å²) in [5, 5.41) is 4.76. The monoisotopic (exact) mass is 294 g/mol. The van der Waals surface area contributed by atoms with Gasteiger partial charge in [-0.2, -0.15) is 0 Å². The molecular weight excluding hydrogens is 264 g/mol. The summed E-state index contributed by atoms with van der Waals surface area (Å²) in [5.41, 5.74) is 1.23. The average Bonchev–Trinajstić information content (AvgIpc) is 2.58. The molecule has 2 aromatic carbocycles. The van der Waals surface area contributed by atoms with Crippen molar-refractivity contribution in [3.8, 4) is 0 Å². The van der Waals surface area contributed by atoms with Crippen molar-refractivity contribution in [3.05, 3.63) is 64.6 Å². The minimum atomic E-state index is 1.10. The summed E-state index contributed by atoms with van der Waals surface area (Å²) in [5.74, 6) is 0. The molecule has 0 aliphatic carbocycles. The molecule has 0 aliphatic heterocycles.